The molecular formula is C16H15ClN2O3. The Morgan fingerprint density at radius 2 is 2.18 bits per heavy atom. The lowest BCUT2D eigenvalue weighted by Gasteiger charge is -2.06. The fraction of sp³-hybridized carbons (Fsp3) is 0.250. The van der Waals surface area contributed by atoms with Gasteiger partial charge in [0.25, 0.3) is 0 Å². The molecule has 1 rings (SSSR count). The Labute approximate surface area is 133 Å². The maximum absolute atomic E-state index is 11.6. The average molecular weight is 319 g/mol. The number of hydrogen-bond donors (Lipinski definition) is 1. The Balaban J connectivity index is 2.58. The van der Waals surface area contributed by atoms with Gasteiger partial charge in [-0.3, -0.25) is 4.79 Å². The van der Waals surface area contributed by atoms with Gasteiger partial charge in [0, 0.05) is 16.8 Å². The summed E-state index contributed by atoms with van der Waals surface area (Å²) in [6, 6.07) is 7.01. The van der Waals surface area contributed by atoms with E-state index in [0.29, 0.717) is 5.02 Å². The number of carbonyl (C=O) groups excluding carboxylic acids is 2. The zero-order valence-electron chi connectivity index (χ0n) is 12.2. The van der Waals surface area contributed by atoms with E-state index in [0.717, 1.165) is 11.1 Å². The third kappa shape index (κ3) is 5.15. The smallest absolute Gasteiger partial charge is 0.331 e. The van der Waals surface area contributed by atoms with E-state index < -0.39 is 24.3 Å². The van der Waals surface area contributed by atoms with Gasteiger partial charge in [-0.15, -0.1) is 0 Å². The van der Waals surface area contributed by atoms with Crippen LogP contribution in [0.1, 0.15) is 18.1 Å². The third-order valence-electron chi connectivity index (χ3n) is 2.85. The summed E-state index contributed by atoms with van der Waals surface area (Å²) in [6.07, 6.45) is 2.69. The van der Waals surface area contributed by atoms with Crippen LogP contribution in [-0.4, -0.2) is 24.1 Å². The summed E-state index contributed by atoms with van der Waals surface area (Å²) < 4.78 is 4.76. The number of nitriles is 1. The molecule has 0 unspecified atom stereocenters. The van der Waals surface area contributed by atoms with Crippen LogP contribution in [0.4, 0.5) is 0 Å². The molecule has 0 amide bonds. The highest BCUT2D eigenvalue weighted by Crippen LogP contribution is 2.17. The normalized spacial score (nSPS) is 11.7. The van der Waals surface area contributed by atoms with E-state index in [2.05, 4.69) is 0 Å². The highest BCUT2D eigenvalue weighted by molar-refractivity contribution is 6.31. The van der Waals surface area contributed by atoms with E-state index in [9.17, 15) is 9.59 Å². The van der Waals surface area contributed by atoms with Crippen molar-refractivity contribution >= 4 is 35.1 Å². The van der Waals surface area contributed by atoms with Crippen molar-refractivity contribution in [2.45, 2.75) is 13.8 Å². The van der Waals surface area contributed by atoms with E-state index in [-0.39, 0.29) is 5.71 Å². The Bertz CT molecular complexity index is 674. The van der Waals surface area contributed by atoms with Crippen LogP contribution in [0.5, 0.6) is 0 Å². The molecule has 0 saturated heterocycles. The quantitative estimate of drug-likeness (QED) is 0.496. The fourth-order valence-corrected chi connectivity index (χ4v) is 1.75. The molecule has 1 aromatic rings. The Kier molecular flexibility index (Phi) is 6.48. The van der Waals surface area contributed by atoms with Crippen LogP contribution in [0, 0.1) is 29.6 Å². The van der Waals surface area contributed by atoms with Crippen molar-refractivity contribution in [3.05, 3.63) is 40.4 Å². The molecule has 0 aromatic heterocycles. The molecule has 1 atom stereocenters. The largest absolute Gasteiger partial charge is 0.454 e. The maximum Gasteiger partial charge on any atom is 0.331 e. The van der Waals surface area contributed by atoms with Gasteiger partial charge < -0.3 is 10.1 Å². The van der Waals surface area contributed by atoms with Crippen molar-refractivity contribution in [3.63, 3.8) is 0 Å². The molecule has 0 spiro atoms. The first kappa shape index (κ1) is 17.6. The molecular weight excluding hydrogens is 304 g/mol. The van der Waals surface area contributed by atoms with Crippen LogP contribution >= 0.6 is 11.6 Å². The van der Waals surface area contributed by atoms with E-state index in [1.807, 2.05) is 13.0 Å². The summed E-state index contributed by atoms with van der Waals surface area (Å²) in [6.45, 7) is 2.69. The molecule has 5 nitrogen and oxygen atoms in total. The van der Waals surface area contributed by atoms with Gasteiger partial charge in [-0.25, -0.2) is 4.79 Å². The molecule has 1 N–H and O–H groups in total. The molecule has 6 heteroatoms. The first-order chi connectivity index (χ1) is 10.3. The van der Waals surface area contributed by atoms with Crippen molar-refractivity contribution in [3.8, 4) is 6.07 Å². The van der Waals surface area contributed by atoms with Crippen LogP contribution in [0.15, 0.2) is 24.3 Å². The van der Waals surface area contributed by atoms with E-state index in [1.165, 1.54) is 19.1 Å². The Hall–Kier alpha value is -2.45. The van der Waals surface area contributed by atoms with Gasteiger partial charge in [-0.2, -0.15) is 5.26 Å². The lowest BCUT2D eigenvalue weighted by molar-refractivity contribution is -0.143. The van der Waals surface area contributed by atoms with Crippen molar-refractivity contribution < 1.29 is 14.3 Å². The number of Topliss-reactive ketones (excluding diaryl/α,β-unsaturated/α-hetero) is 1. The molecule has 0 fully saturated rings. The standard InChI is InChI=1S/C16H15ClN2O3/c1-10-3-4-12(7-14(10)17)5-6-16(21)22-9-15(20)13(8-18)11(2)19/h3-7,13,19H,9H2,1-2H3/b6-5+,19-11?/t13-/m0/s1. The van der Waals surface area contributed by atoms with Crippen LogP contribution in [0.25, 0.3) is 6.08 Å². The minimum atomic E-state index is -1.17. The Morgan fingerprint density at radius 3 is 2.73 bits per heavy atom. The average Bonchev–Trinajstić information content (AvgIpc) is 2.46. The summed E-state index contributed by atoms with van der Waals surface area (Å²) in [5.41, 5.74) is 1.58. The number of aryl methyl sites for hydroxylation is 1. The summed E-state index contributed by atoms with van der Waals surface area (Å²) >= 11 is 5.97. The molecule has 0 heterocycles. The number of benzene rings is 1. The van der Waals surface area contributed by atoms with Crippen LogP contribution in [0.3, 0.4) is 0 Å². The first-order valence-electron chi connectivity index (χ1n) is 6.43. The minimum absolute atomic E-state index is 0.0756. The van der Waals surface area contributed by atoms with Crippen molar-refractivity contribution in [2.75, 3.05) is 6.61 Å². The van der Waals surface area contributed by atoms with Gasteiger partial charge in [0.05, 0.1) is 6.07 Å². The second kappa shape index (κ2) is 8.11. The van der Waals surface area contributed by atoms with Crippen LogP contribution < -0.4 is 0 Å². The van der Waals surface area contributed by atoms with Gasteiger partial charge >= 0.3 is 5.97 Å². The topological polar surface area (TPSA) is 91.0 Å². The van der Waals surface area contributed by atoms with Crippen molar-refractivity contribution in [1.29, 1.82) is 10.7 Å². The zero-order chi connectivity index (χ0) is 16.7. The van der Waals surface area contributed by atoms with Crippen molar-refractivity contribution in [2.24, 2.45) is 5.92 Å². The molecule has 0 aliphatic heterocycles. The number of carbonyl (C=O) groups is 2. The number of esters is 1. The Morgan fingerprint density at radius 1 is 1.50 bits per heavy atom. The fourth-order valence-electron chi connectivity index (χ4n) is 1.56. The van der Waals surface area contributed by atoms with Gasteiger partial charge in [0.1, 0.15) is 5.92 Å². The lowest BCUT2D eigenvalue weighted by Crippen LogP contribution is -2.25. The van der Waals surface area contributed by atoms with E-state index in [4.69, 9.17) is 27.0 Å². The molecule has 0 aliphatic rings. The van der Waals surface area contributed by atoms with E-state index >= 15 is 0 Å². The predicted octanol–water partition coefficient (Wildman–Crippen LogP) is 2.95. The monoisotopic (exact) mass is 318 g/mol. The summed E-state index contributed by atoms with van der Waals surface area (Å²) in [5, 5.41) is 16.6. The number of ether oxygens (including phenoxy) is 1. The molecule has 22 heavy (non-hydrogen) atoms. The number of hydrogen-bond acceptors (Lipinski definition) is 5. The number of rotatable bonds is 6. The van der Waals surface area contributed by atoms with Crippen LogP contribution in [-0.2, 0) is 14.3 Å². The SMILES string of the molecule is CC(=N)[C@H](C#N)C(=O)COC(=O)/C=C/c1ccc(C)c(Cl)c1. The second-order valence-electron chi connectivity index (χ2n) is 4.66. The minimum Gasteiger partial charge on any atom is -0.454 e. The second-order valence-corrected chi connectivity index (χ2v) is 5.07. The third-order valence-corrected chi connectivity index (χ3v) is 3.26. The molecule has 0 saturated carbocycles. The zero-order valence-corrected chi connectivity index (χ0v) is 13.0. The number of halogens is 1. The van der Waals surface area contributed by atoms with Gasteiger partial charge in [-0.1, -0.05) is 23.7 Å². The number of nitrogens with one attached hydrogen (secondary N) is 1. The summed E-state index contributed by atoms with van der Waals surface area (Å²) in [4.78, 5) is 23.1. The lowest BCUT2D eigenvalue weighted by atomic mass is 10.0. The van der Waals surface area contributed by atoms with Crippen molar-refractivity contribution in [1.82, 2.24) is 0 Å². The highest BCUT2D eigenvalue weighted by Gasteiger charge is 2.20. The van der Waals surface area contributed by atoms with Gasteiger partial charge in [0.2, 0.25) is 0 Å². The maximum atomic E-state index is 11.6. The molecule has 0 radical (unpaired) electrons. The number of ketones is 1. The summed E-state index contributed by atoms with van der Waals surface area (Å²) in [5.74, 6) is -2.49. The molecule has 0 aliphatic carbocycles. The first-order valence-corrected chi connectivity index (χ1v) is 6.81. The molecule has 0 bridgehead atoms. The number of nitrogens with zero attached hydrogens (tertiary/aromatic N) is 1. The molecule has 114 valence electrons. The van der Waals surface area contributed by atoms with Gasteiger partial charge in [0.15, 0.2) is 12.4 Å². The van der Waals surface area contributed by atoms with E-state index in [1.54, 1.807) is 18.2 Å². The predicted molar refractivity (Wildman–Crippen MR) is 83.7 cm³/mol. The van der Waals surface area contributed by atoms with Gasteiger partial charge in [-0.05, 0) is 37.1 Å². The van der Waals surface area contributed by atoms with Crippen LogP contribution in [0.2, 0.25) is 5.02 Å². The summed E-state index contributed by atoms with van der Waals surface area (Å²) in [7, 11) is 0. The highest BCUT2D eigenvalue weighted by atomic mass is 35.5. The molecule has 1 aromatic carbocycles.